The molecule has 10 nitrogen and oxygen atoms in total. The minimum Gasteiger partial charge on any atom is -0.481 e. The molecule has 1 aliphatic rings. The number of nitrogens with zero attached hydrogens (tertiary/aromatic N) is 3. The van der Waals surface area contributed by atoms with Crippen LogP contribution in [-0.2, 0) is 11.3 Å². The summed E-state index contributed by atoms with van der Waals surface area (Å²) in [4.78, 5) is 42.6. The van der Waals surface area contributed by atoms with Crippen LogP contribution in [0, 0.1) is 22.0 Å². The van der Waals surface area contributed by atoms with Crippen molar-refractivity contribution >= 4 is 28.7 Å². The molecule has 2 aromatic rings. The van der Waals surface area contributed by atoms with Gasteiger partial charge in [-0.2, -0.15) is 0 Å². The van der Waals surface area contributed by atoms with Gasteiger partial charge in [0.1, 0.15) is 5.82 Å². The second-order valence-corrected chi connectivity index (χ2v) is 6.58. The number of nitrogens with one attached hydrogen (secondary N) is 2. The van der Waals surface area contributed by atoms with Gasteiger partial charge in [0.15, 0.2) is 0 Å². The van der Waals surface area contributed by atoms with Crippen molar-refractivity contribution in [3.8, 4) is 0 Å². The summed E-state index contributed by atoms with van der Waals surface area (Å²) in [5.74, 6) is -0.875. The van der Waals surface area contributed by atoms with Crippen LogP contribution in [-0.4, -0.2) is 50.0 Å². The summed E-state index contributed by atoms with van der Waals surface area (Å²) in [5.41, 5.74) is 1.04. The van der Waals surface area contributed by atoms with Crippen molar-refractivity contribution in [3.05, 3.63) is 34.1 Å². The van der Waals surface area contributed by atoms with Gasteiger partial charge in [0.05, 0.1) is 28.4 Å². The number of aliphatic carboxylic acids is 1. The van der Waals surface area contributed by atoms with E-state index in [9.17, 15) is 24.8 Å². The first-order valence-electron chi connectivity index (χ1n) is 8.22. The monoisotopic (exact) mass is 361 g/mol. The number of amides is 2. The lowest BCUT2D eigenvalue weighted by atomic mass is 9.91. The van der Waals surface area contributed by atoms with Crippen molar-refractivity contribution in [1.82, 2.24) is 20.2 Å². The third kappa shape index (κ3) is 3.73. The van der Waals surface area contributed by atoms with Crippen molar-refractivity contribution in [2.75, 3.05) is 13.1 Å². The molecule has 26 heavy (non-hydrogen) atoms. The van der Waals surface area contributed by atoms with Crippen molar-refractivity contribution in [1.29, 1.82) is 0 Å². The Balaban J connectivity index is 1.64. The van der Waals surface area contributed by atoms with E-state index in [0.29, 0.717) is 29.8 Å². The molecule has 138 valence electrons. The number of rotatable bonds is 4. The zero-order valence-electron chi connectivity index (χ0n) is 14.1. The molecule has 0 saturated carbocycles. The SMILES string of the molecule is CC1CC(C(=O)O)CN(C(=O)NCc2nc3ccc([N+](=O)[O-])cc3[nH]2)C1. The van der Waals surface area contributed by atoms with Gasteiger partial charge in [-0.25, -0.2) is 9.78 Å². The number of benzene rings is 1. The van der Waals surface area contributed by atoms with Crippen LogP contribution in [0.3, 0.4) is 0 Å². The Labute approximate surface area is 148 Å². The Morgan fingerprint density at radius 3 is 2.92 bits per heavy atom. The molecule has 2 amide bonds. The molecule has 2 atom stereocenters. The molecular weight excluding hydrogens is 342 g/mol. The average Bonchev–Trinajstić information content (AvgIpc) is 3.00. The van der Waals surface area contributed by atoms with E-state index in [4.69, 9.17) is 0 Å². The number of carboxylic acids is 1. The number of carboxylic acid groups (broad SMARTS) is 1. The fraction of sp³-hybridized carbons (Fsp3) is 0.438. The summed E-state index contributed by atoms with van der Waals surface area (Å²) in [6.45, 7) is 2.71. The molecule has 3 rings (SSSR count). The average molecular weight is 361 g/mol. The van der Waals surface area contributed by atoms with Gasteiger partial charge in [0.25, 0.3) is 5.69 Å². The summed E-state index contributed by atoms with van der Waals surface area (Å²) in [5, 5.41) is 22.7. The van der Waals surface area contributed by atoms with Gasteiger partial charge >= 0.3 is 12.0 Å². The third-order valence-electron chi connectivity index (χ3n) is 4.43. The molecule has 0 spiro atoms. The number of nitro groups is 1. The van der Waals surface area contributed by atoms with E-state index in [1.807, 2.05) is 6.92 Å². The molecule has 1 saturated heterocycles. The molecule has 0 aliphatic carbocycles. The lowest BCUT2D eigenvalue weighted by molar-refractivity contribution is -0.384. The number of fused-ring (bicyclic) bond motifs is 1. The first kappa shape index (κ1) is 17.6. The number of carbonyl (C=O) groups is 2. The highest BCUT2D eigenvalue weighted by atomic mass is 16.6. The lowest BCUT2D eigenvalue weighted by Crippen LogP contribution is -2.49. The number of hydrogen-bond acceptors (Lipinski definition) is 5. The van der Waals surface area contributed by atoms with Crippen molar-refractivity contribution in [2.45, 2.75) is 19.9 Å². The topological polar surface area (TPSA) is 141 Å². The maximum atomic E-state index is 12.3. The van der Waals surface area contributed by atoms with Crippen LogP contribution < -0.4 is 5.32 Å². The number of H-pyrrole nitrogens is 1. The number of likely N-dealkylation sites (tertiary alicyclic amines) is 1. The van der Waals surface area contributed by atoms with E-state index in [2.05, 4.69) is 15.3 Å². The van der Waals surface area contributed by atoms with Gasteiger partial charge < -0.3 is 20.3 Å². The molecule has 2 heterocycles. The summed E-state index contributed by atoms with van der Waals surface area (Å²) in [7, 11) is 0. The number of piperidine rings is 1. The smallest absolute Gasteiger partial charge is 0.317 e. The van der Waals surface area contributed by atoms with E-state index in [-0.39, 0.29) is 30.7 Å². The fourth-order valence-electron chi connectivity index (χ4n) is 3.22. The quantitative estimate of drug-likeness (QED) is 0.559. The predicted octanol–water partition coefficient (Wildman–Crippen LogP) is 1.72. The highest BCUT2D eigenvalue weighted by Gasteiger charge is 2.31. The summed E-state index contributed by atoms with van der Waals surface area (Å²) < 4.78 is 0. The van der Waals surface area contributed by atoms with Crippen LogP contribution in [0.15, 0.2) is 18.2 Å². The van der Waals surface area contributed by atoms with Crippen molar-refractivity contribution < 1.29 is 19.6 Å². The molecule has 0 bridgehead atoms. The normalized spacial score (nSPS) is 20.1. The molecule has 1 aromatic heterocycles. The molecule has 0 radical (unpaired) electrons. The Hall–Kier alpha value is -3.17. The van der Waals surface area contributed by atoms with Crippen molar-refractivity contribution in [2.24, 2.45) is 11.8 Å². The van der Waals surface area contributed by atoms with Crippen LogP contribution in [0.2, 0.25) is 0 Å². The Morgan fingerprint density at radius 2 is 2.23 bits per heavy atom. The first-order chi connectivity index (χ1) is 12.3. The number of imidazole rings is 1. The number of urea groups is 1. The van der Waals surface area contributed by atoms with Gasteiger partial charge in [-0.05, 0) is 18.4 Å². The van der Waals surface area contributed by atoms with Gasteiger partial charge in [0, 0.05) is 25.2 Å². The second-order valence-electron chi connectivity index (χ2n) is 6.58. The zero-order valence-corrected chi connectivity index (χ0v) is 14.1. The van der Waals surface area contributed by atoms with E-state index >= 15 is 0 Å². The van der Waals surface area contributed by atoms with Crippen molar-refractivity contribution in [3.63, 3.8) is 0 Å². The summed E-state index contributed by atoms with van der Waals surface area (Å²) >= 11 is 0. The highest BCUT2D eigenvalue weighted by Crippen LogP contribution is 2.22. The fourth-order valence-corrected chi connectivity index (χ4v) is 3.22. The van der Waals surface area contributed by atoms with Crippen LogP contribution in [0.5, 0.6) is 0 Å². The van der Waals surface area contributed by atoms with Gasteiger partial charge in [0.2, 0.25) is 0 Å². The molecule has 10 heteroatoms. The van der Waals surface area contributed by atoms with Crippen LogP contribution in [0.1, 0.15) is 19.2 Å². The second kappa shape index (κ2) is 6.98. The number of aromatic nitrogens is 2. The molecule has 1 aromatic carbocycles. The number of aromatic amines is 1. The lowest BCUT2D eigenvalue weighted by Gasteiger charge is -2.34. The predicted molar refractivity (Wildman–Crippen MR) is 91.5 cm³/mol. The largest absolute Gasteiger partial charge is 0.481 e. The van der Waals surface area contributed by atoms with Gasteiger partial charge in [-0.1, -0.05) is 6.92 Å². The van der Waals surface area contributed by atoms with E-state index in [1.165, 1.54) is 17.0 Å². The van der Waals surface area contributed by atoms with E-state index < -0.39 is 16.8 Å². The Kier molecular flexibility index (Phi) is 4.74. The van der Waals surface area contributed by atoms with E-state index in [1.54, 1.807) is 6.07 Å². The molecule has 1 aliphatic heterocycles. The molecule has 1 fully saturated rings. The van der Waals surface area contributed by atoms with Gasteiger partial charge in [-0.3, -0.25) is 14.9 Å². The number of non-ortho nitro benzene ring substituents is 1. The van der Waals surface area contributed by atoms with Crippen LogP contribution in [0.4, 0.5) is 10.5 Å². The number of hydrogen-bond donors (Lipinski definition) is 3. The maximum Gasteiger partial charge on any atom is 0.317 e. The zero-order chi connectivity index (χ0) is 18.8. The van der Waals surface area contributed by atoms with E-state index in [0.717, 1.165) is 0 Å². The maximum absolute atomic E-state index is 12.3. The third-order valence-corrected chi connectivity index (χ3v) is 4.43. The summed E-state index contributed by atoms with van der Waals surface area (Å²) in [6, 6.07) is 3.94. The molecule has 2 unspecified atom stereocenters. The molecule has 3 N–H and O–H groups in total. The molecular formula is C16H19N5O5. The number of nitro benzene ring substituents is 1. The Morgan fingerprint density at radius 1 is 1.46 bits per heavy atom. The Bertz CT molecular complexity index is 864. The standard InChI is InChI=1S/C16H19N5O5/c1-9-4-10(15(22)23)8-20(7-9)16(24)17-6-14-18-12-3-2-11(21(25)26)5-13(12)19-14/h2-3,5,9-10H,4,6-8H2,1H3,(H,17,24)(H,18,19)(H,22,23). The van der Waals surface area contributed by atoms with Crippen LogP contribution >= 0.6 is 0 Å². The number of carbonyl (C=O) groups excluding carboxylic acids is 1. The highest BCUT2D eigenvalue weighted by molar-refractivity contribution is 5.78. The first-order valence-corrected chi connectivity index (χ1v) is 8.22. The minimum atomic E-state index is -0.895. The minimum absolute atomic E-state index is 0.0428. The van der Waals surface area contributed by atoms with Gasteiger partial charge in [-0.15, -0.1) is 0 Å². The summed E-state index contributed by atoms with van der Waals surface area (Å²) in [6.07, 6.45) is 0.557. The van der Waals surface area contributed by atoms with Crippen LogP contribution in [0.25, 0.3) is 11.0 Å².